The van der Waals surface area contributed by atoms with Gasteiger partial charge in [-0.2, -0.15) is 8.42 Å². The van der Waals surface area contributed by atoms with E-state index in [1.165, 1.54) is 0 Å². The van der Waals surface area contributed by atoms with Crippen molar-refractivity contribution in [1.29, 1.82) is 0 Å². The second-order valence-corrected chi connectivity index (χ2v) is 6.78. The molecular weight excluding hydrogens is 428 g/mol. The zero-order valence-electron chi connectivity index (χ0n) is 15.4. The first-order valence-corrected chi connectivity index (χ1v) is 9.22. The Kier molecular flexibility index (Phi) is 6.28. The summed E-state index contributed by atoms with van der Waals surface area (Å²) in [5.74, 6) is -7.46. The maximum atomic E-state index is 12.4. The van der Waals surface area contributed by atoms with E-state index in [9.17, 15) is 38.4 Å². The molecule has 162 valence electrons. The van der Waals surface area contributed by atoms with Gasteiger partial charge in [0.05, 0.1) is 14.2 Å². The molecule has 12 nitrogen and oxygen atoms in total. The van der Waals surface area contributed by atoms with Crippen LogP contribution in [-0.4, -0.2) is 59.2 Å². The van der Waals surface area contributed by atoms with Crippen LogP contribution in [0.5, 0.6) is 40.2 Å². The number of carbonyl (C=O) groups excluding carboxylic acids is 2. The van der Waals surface area contributed by atoms with Gasteiger partial charge in [-0.05, 0) is 17.7 Å². The van der Waals surface area contributed by atoms with Crippen LogP contribution in [0.2, 0.25) is 0 Å². The van der Waals surface area contributed by atoms with Gasteiger partial charge in [-0.1, -0.05) is 0 Å². The number of Topliss-reactive ketones (excluding diaryl/α,β-unsaturated/α-hetero) is 2. The summed E-state index contributed by atoms with van der Waals surface area (Å²) in [5, 5.41) is 39.4. The van der Waals surface area contributed by atoms with E-state index < -0.39 is 68.4 Å². The highest BCUT2D eigenvalue weighted by atomic mass is 32.3. The minimum atomic E-state index is -4.99. The molecule has 0 saturated carbocycles. The molecule has 0 aliphatic rings. The zero-order valence-corrected chi connectivity index (χ0v) is 16.3. The average molecular weight is 444 g/mol. The van der Waals surface area contributed by atoms with Gasteiger partial charge < -0.3 is 34.1 Å². The third-order valence-corrected chi connectivity index (χ3v) is 4.14. The molecule has 0 unspecified atom stereocenters. The third-order valence-electron chi connectivity index (χ3n) is 3.77. The maximum absolute atomic E-state index is 12.4. The molecule has 0 radical (unpaired) electrons. The van der Waals surface area contributed by atoms with E-state index in [0.717, 1.165) is 26.4 Å². The Labute approximate surface area is 169 Å². The van der Waals surface area contributed by atoms with Gasteiger partial charge >= 0.3 is 10.4 Å². The van der Waals surface area contributed by atoms with E-state index in [2.05, 4.69) is 4.18 Å². The number of benzene rings is 2. The van der Waals surface area contributed by atoms with Gasteiger partial charge in [0, 0.05) is 12.5 Å². The first kappa shape index (κ1) is 22.6. The molecular formula is C17H16O12S. The fourth-order valence-electron chi connectivity index (χ4n) is 2.54. The summed E-state index contributed by atoms with van der Waals surface area (Å²) >= 11 is 0. The number of methoxy groups -OCH3 is 2. The second kappa shape index (κ2) is 8.34. The lowest BCUT2D eigenvalue weighted by molar-refractivity contribution is -0.114. The Morgan fingerprint density at radius 1 is 0.900 bits per heavy atom. The largest absolute Gasteiger partial charge is 0.507 e. The molecule has 13 heteroatoms. The molecule has 0 aliphatic heterocycles. The summed E-state index contributed by atoms with van der Waals surface area (Å²) in [4.78, 5) is 24.8. The highest BCUT2D eigenvalue weighted by Crippen LogP contribution is 2.44. The van der Waals surface area contributed by atoms with Crippen molar-refractivity contribution in [3.8, 4) is 40.2 Å². The number of hydrogen-bond donors (Lipinski definition) is 5. The Balaban J connectivity index is 2.39. The molecule has 0 aliphatic carbocycles. The Bertz CT molecular complexity index is 1120. The predicted molar refractivity (Wildman–Crippen MR) is 97.9 cm³/mol. The Morgan fingerprint density at radius 3 is 2.03 bits per heavy atom. The van der Waals surface area contributed by atoms with E-state index in [0.29, 0.717) is 6.07 Å². The predicted octanol–water partition coefficient (Wildman–Crippen LogP) is 0.702. The summed E-state index contributed by atoms with van der Waals surface area (Å²) in [7, 11) is -2.83. The molecule has 5 N–H and O–H groups in total. The van der Waals surface area contributed by atoms with Gasteiger partial charge in [-0.15, -0.1) is 0 Å². The van der Waals surface area contributed by atoms with Crippen LogP contribution in [-0.2, 0) is 21.6 Å². The van der Waals surface area contributed by atoms with Crippen LogP contribution < -0.4 is 13.7 Å². The molecule has 30 heavy (non-hydrogen) atoms. The van der Waals surface area contributed by atoms with Crippen LogP contribution in [0.4, 0.5) is 0 Å². The van der Waals surface area contributed by atoms with Crippen molar-refractivity contribution in [1.82, 2.24) is 0 Å². The van der Waals surface area contributed by atoms with E-state index in [1.807, 2.05) is 0 Å². The van der Waals surface area contributed by atoms with Crippen LogP contribution in [0, 0.1) is 0 Å². The molecule has 0 bridgehead atoms. The Hall–Kier alpha value is -3.71. The van der Waals surface area contributed by atoms with Crippen molar-refractivity contribution in [3.05, 3.63) is 29.3 Å². The van der Waals surface area contributed by atoms with E-state index in [1.54, 1.807) is 0 Å². The van der Waals surface area contributed by atoms with Crippen molar-refractivity contribution in [2.45, 2.75) is 6.42 Å². The first-order valence-electron chi connectivity index (χ1n) is 7.85. The van der Waals surface area contributed by atoms with Gasteiger partial charge in [-0.3, -0.25) is 14.1 Å². The quantitative estimate of drug-likeness (QED) is 0.217. The summed E-state index contributed by atoms with van der Waals surface area (Å²) in [5.41, 5.74) is -0.840. The van der Waals surface area contributed by atoms with Crippen molar-refractivity contribution < 1.29 is 56.6 Å². The number of ketones is 2. The standard InChI is InChI=1S/C17H16O12S/c1-27-12-5-7(4-10(20)16(12)29-30(24,25)26)3-9(19)14(22)13-8(18)6-11(21)17(28-2)15(13)23/h4-6,18,20-21,23H,3H2,1-2H3,(H,24,25,26). The second-order valence-electron chi connectivity index (χ2n) is 5.76. The summed E-state index contributed by atoms with van der Waals surface area (Å²) < 4.78 is 44.2. The van der Waals surface area contributed by atoms with Gasteiger partial charge in [0.25, 0.3) is 0 Å². The van der Waals surface area contributed by atoms with E-state index in [4.69, 9.17) is 14.0 Å². The van der Waals surface area contributed by atoms with E-state index >= 15 is 0 Å². The van der Waals surface area contributed by atoms with E-state index in [-0.39, 0.29) is 11.3 Å². The number of ether oxygens (including phenoxy) is 2. The molecule has 0 atom stereocenters. The zero-order chi connectivity index (χ0) is 22.8. The Morgan fingerprint density at radius 2 is 1.50 bits per heavy atom. The molecule has 2 aromatic rings. The molecule has 0 amide bonds. The van der Waals surface area contributed by atoms with Crippen LogP contribution in [0.1, 0.15) is 15.9 Å². The van der Waals surface area contributed by atoms with Gasteiger partial charge in [-0.25, -0.2) is 0 Å². The number of phenols is 4. The lowest BCUT2D eigenvalue weighted by Crippen LogP contribution is -2.17. The summed E-state index contributed by atoms with van der Waals surface area (Å²) in [6, 6.07) is 2.64. The van der Waals surface area contributed by atoms with Crippen LogP contribution in [0.15, 0.2) is 18.2 Å². The molecule has 2 rings (SSSR count). The van der Waals surface area contributed by atoms with Crippen molar-refractivity contribution >= 4 is 22.0 Å². The summed E-state index contributed by atoms with van der Waals surface area (Å²) in [6.07, 6.45) is -0.670. The average Bonchev–Trinajstić information content (AvgIpc) is 2.62. The highest BCUT2D eigenvalue weighted by Gasteiger charge is 2.29. The molecule has 0 spiro atoms. The smallest absolute Gasteiger partial charge is 0.446 e. The lowest BCUT2D eigenvalue weighted by Gasteiger charge is -2.13. The lowest BCUT2D eigenvalue weighted by atomic mass is 9.99. The maximum Gasteiger partial charge on any atom is 0.446 e. The normalized spacial score (nSPS) is 11.0. The third kappa shape index (κ3) is 4.64. The van der Waals surface area contributed by atoms with Crippen LogP contribution in [0.25, 0.3) is 0 Å². The fourth-order valence-corrected chi connectivity index (χ4v) is 2.92. The van der Waals surface area contributed by atoms with Crippen molar-refractivity contribution in [3.63, 3.8) is 0 Å². The highest BCUT2D eigenvalue weighted by molar-refractivity contribution is 7.81. The minimum absolute atomic E-state index is 0.0323. The molecule has 0 fully saturated rings. The number of rotatable bonds is 8. The summed E-state index contributed by atoms with van der Waals surface area (Å²) in [6.45, 7) is 0. The topological polar surface area (TPSA) is 197 Å². The fraction of sp³-hybridized carbons (Fsp3) is 0.176. The molecule has 0 saturated heterocycles. The number of aromatic hydroxyl groups is 4. The molecule has 0 aromatic heterocycles. The van der Waals surface area contributed by atoms with Crippen molar-refractivity contribution in [2.75, 3.05) is 14.2 Å². The molecule has 2 aromatic carbocycles. The van der Waals surface area contributed by atoms with Gasteiger partial charge in [0.2, 0.25) is 23.1 Å². The van der Waals surface area contributed by atoms with Crippen LogP contribution in [0.3, 0.4) is 0 Å². The minimum Gasteiger partial charge on any atom is -0.507 e. The van der Waals surface area contributed by atoms with Crippen molar-refractivity contribution in [2.24, 2.45) is 0 Å². The number of carbonyl (C=O) groups is 2. The number of hydrogen-bond acceptors (Lipinski definition) is 11. The number of phenolic OH excluding ortho intramolecular Hbond substituents is 4. The van der Waals surface area contributed by atoms with Crippen LogP contribution >= 0.6 is 0 Å². The SMILES string of the molecule is COc1cc(CC(=O)C(=O)c2c(O)cc(O)c(OC)c2O)cc(O)c1OS(=O)(=O)O. The van der Waals surface area contributed by atoms with Gasteiger partial charge in [0.15, 0.2) is 23.0 Å². The van der Waals surface area contributed by atoms with Gasteiger partial charge in [0.1, 0.15) is 11.3 Å². The molecule has 0 heterocycles. The first-order chi connectivity index (χ1) is 13.9. The monoisotopic (exact) mass is 444 g/mol.